The van der Waals surface area contributed by atoms with E-state index in [1.807, 2.05) is 23.9 Å². The average Bonchev–Trinajstić information content (AvgIpc) is 2.89. The van der Waals surface area contributed by atoms with Gasteiger partial charge in [0.15, 0.2) is 0 Å². The van der Waals surface area contributed by atoms with Crippen LogP contribution >= 0.6 is 11.8 Å². The third-order valence-electron chi connectivity index (χ3n) is 5.53. The Bertz CT molecular complexity index is 830. The summed E-state index contributed by atoms with van der Waals surface area (Å²) in [6.45, 7) is 6.70. The second kappa shape index (κ2) is 6.30. The topological polar surface area (TPSA) is 3.24 Å². The van der Waals surface area contributed by atoms with Crippen molar-refractivity contribution in [2.24, 2.45) is 0 Å². The number of piperidine rings is 1. The number of halogens is 1. The number of thioether (sulfide) groups is 1. The summed E-state index contributed by atoms with van der Waals surface area (Å²) in [5, 5.41) is 0. The molecule has 1 saturated heterocycles. The molecule has 0 aromatic heterocycles. The van der Waals surface area contributed by atoms with Gasteiger partial charge in [-0.25, -0.2) is 4.39 Å². The van der Waals surface area contributed by atoms with Gasteiger partial charge in [-0.15, -0.1) is 11.8 Å². The van der Waals surface area contributed by atoms with Crippen molar-refractivity contribution in [3.05, 3.63) is 70.5 Å². The van der Waals surface area contributed by atoms with E-state index in [1.54, 1.807) is 17.7 Å². The van der Waals surface area contributed by atoms with Crippen molar-refractivity contribution in [3.63, 3.8) is 0 Å². The van der Waals surface area contributed by atoms with E-state index in [1.165, 1.54) is 27.2 Å². The SMILES string of the molecule is Cc1ccc2c(c1)C(=C1CCN(C)CC1)C(C)(c1ccc(F)cc1)S2. The first-order chi connectivity index (χ1) is 12.0. The van der Waals surface area contributed by atoms with E-state index in [2.05, 4.69) is 44.0 Å². The fraction of sp³-hybridized carbons (Fsp3) is 0.364. The molecule has 0 bridgehead atoms. The summed E-state index contributed by atoms with van der Waals surface area (Å²) < 4.78 is 13.3. The predicted molar refractivity (Wildman–Crippen MR) is 104 cm³/mol. The number of hydrogen-bond donors (Lipinski definition) is 0. The zero-order valence-electron chi connectivity index (χ0n) is 15.1. The minimum Gasteiger partial charge on any atom is -0.306 e. The number of nitrogens with zero attached hydrogens (tertiary/aromatic N) is 1. The first-order valence-electron chi connectivity index (χ1n) is 8.94. The summed E-state index contributed by atoms with van der Waals surface area (Å²) in [4.78, 5) is 3.75. The number of fused-ring (bicyclic) bond motifs is 1. The van der Waals surface area contributed by atoms with Crippen LogP contribution in [0.3, 0.4) is 0 Å². The lowest BCUT2D eigenvalue weighted by Gasteiger charge is -2.32. The molecular formula is C22H24FNS. The van der Waals surface area contributed by atoms with Crippen molar-refractivity contribution in [1.29, 1.82) is 0 Å². The standard InChI is InChI=1S/C22H24FNS/c1-15-4-9-20-19(14-15)21(16-10-12-24(3)13-11-16)22(2,25-20)17-5-7-18(23)8-6-17/h4-9,14H,10-13H2,1-3H3. The maximum atomic E-state index is 13.5. The highest BCUT2D eigenvalue weighted by atomic mass is 32.2. The molecule has 130 valence electrons. The van der Waals surface area contributed by atoms with E-state index in [0.717, 1.165) is 25.9 Å². The normalized spacial score (nSPS) is 23.8. The summed E-state index contributed by atoms with van der Waals surface area (Å²) in [6.07, 6.45) is 2.24. The average molecular weight is 354 g/mol. The van der Waals surface area contributed by atoms with E-state index in [4.69, 9.17) is 0 Å². The van der Waals surface area contributed by atoms with Gasteiger partial charge in [-0.05, 0) is 68.6 Å². The summed E-state index contributed by atoms with van der Waals surface area (Å²) in [7, 11) is 2.20. The van der Waals surface area contributed by atoms with Gasteiger partial charge < -0.3 is 4.90 Å². The van der Waals surface area contributed by atoms with Gasteiger partial charge in [0, 0.05) is 18.0 Å². The van der Waals surface area contributed by atoms with Gasteiger partial charge in [-0.3, -0.25) is 0 Å². The summed E-state index contributed by atoms with van der Waals surface area (Å²) >= 11 is 1.91. The third-order valence-corrected chi connectivity index (χ3v) is 6.96. The molecule has 2 aromatic carbocycles. The largest absolute Gasteiger partial charge is 0.306 e. The Kier molecular flexibility index (Phi) is 4.25. The second-order valence-electron chi connectivity index (χ2n) is 7.42. The van der Waals surface area contributed by atoms with Crippen molar-refractivity contribution in [3.8, 4) is 0 Å². The molecule has 2 aromatic rings. The fourth-order valence-electron chi connectivity index (χ4n) is 4.09. The molecule has 1 unspecified atom stereocenters. The minimum absolute atomic E-state index is 0.144. The smallest absolute Gasteiger partial charge is 0.123 e. The monoisotopic (exact) mass is 353 g/mol. The fourth-order valence-corrected chi connectivity index (χ4v) is 5.55. The van der Waals surface area contributed by atoms with Gasteiger partial charge in [-0.2, -0.15) is 0 Å². The van der Waals surface area contributed by atoms with Crippen LogP contribution in [0.15, 0.2) is 52.9 Å². The highest BCUT2D eigenvalue weighted by Gasteiger charge is 2.42. The van der Waals surface area contributed by atoms with Crippen LogP contribution in [0.25, 0.3) is 5.57 Å². The second-order valence-corrected chi connectivity index (χ2v) is 8.88. The van der Waals surface area contributed by atoms with Crippen LogP contribution in [-0.4, -0.2) is 25.0 Å². The molecule has 0 saturated carbocycles. The van der Waals surface area contributed by atoms with Crippen molar-refractivity contribution in [1.82, 2.24) is 4.90 Å². The molecule has 2 aliphatic heterocycles. The first kappa shape index (κ1) is 16.9. The Morgan fingerprint density at radius 2 is 1.72 bits per heavy atom. The van der Waals surface area contributed by atoms with Crippen LogP contribution in [0.4, 0.5) is 4.39 Å². The molecule has 25 heavy (non-hydrogen) atoms. The van der Waals surface area contributed by atoms with E-state index < -0.39 is 0 Å². The van der Waals surface area contributed by atoms with Gasteiger partial charge in [0.2, 0.25) is 0 Å². The summed E-state index contributed by atoms with van der Waals surface area (Å²) in [5.74, 6) is -0.169. The number of rotatable bonds is 1. The molecule has 3 heteroatoms. The molecule has 0 amide bonds. The molecule has 2 aliphatic rings. The molecule has 0 aliphatic carbocycles. The van der Waals surface area contributed by atoms with E-state index in [9.17, 15) is 4.39 Å². The molecular weight excluding hydrogens is 329 g/mol. The maximum absolute atomic E-state index is 13.5. The van der Waals surface area contributed by atoms with Gasteiger partial charge in [0.1, 0.15) is 5.82 Å². The van der Waals surface area contributed by atoms with Gasteiger partial charge in [0.05, 0.1) is 4.75 Å². The Hall–Kier alpha value is -1.58. The van der Waals surface area contributed by atoms with Crippen molar-refractivity contribution in [2.75, 3.05) is 20.1 Å². The Balaban J connectivity index is 1.89. The quantitative estimate of drug-likeness (QED) is 0.653. The zero-order valence-corrected chi connectivity index (χ0v) is 15.9. The van der Waals surface area contributed by atoms with Crippen LogP contribution in [0.2, 0.25) is 0 Å². The number of benzene rings is 2. The van der Waals surface area contributed by atoms with Crippen LogP contribution in [0, 0.1) is 12.7 Å². The molecule has 0 N–H and O–H groups in total. The number of aryl methyl sites for hydroxylation is 1. The van der Waals surface area contributed by atoms with Crippen molar-refractivity contribution < 1.29 is 4.39 Å². The summed E-state index contributed by atoms with van der Waals surface area (Å²) in [5.41, 5.74) is 6.91. The minimum atomic E-state index is -0.169. The molecule has 1 nitrogen and oxygen atoms in total. The van der Waals surface area contributed by atoms with Gasteiger partial charge in [0.25, 0.3) is 0 Å². The maximum Gasteiger partial charge on any atom is 0.123 e. The Morgan fingerprint density at radius 3 is 2.40 bits per heavy atom. The van der Waals surface area contributed by atoms with E-state index in [-0.39, 0.29) is 10.6 Å². The first-order valence-corrected chi connectivity index (χ1v) is 9.76. The third kappa shape index (κ3) is 2.94. The zero-order chi connectivity index (χ0) is 17.6. The highest BCUT2D eigenvalue weighted by molar-refractivity contribution is 8.01. The van der Waals surface area contributed by atoms with Crippen LogP contribution in [0.5, 0.6) is 0 Å². The van der Waals surface area contributed by atoms with Crippen LogP contribution in [0.1, 0.15) is 36.5 Å². The van der Waals surface area contributed by atoms with Crippen molar-refractivity contribution >= 4 is 17.3 Å². The molecule has 1 fully saturated rings. The highest BCUT2D eigenvalue weighted by Crippen LogP contribution is 2.60. The van der Waals surface area contributed by atoms with Crippen LogP contribution < -0.4 is 0 Å². The predicted octanol–water partition coefficient (Wildman–Crippen LogP) is 5.63. The lowest BCUT2D eigenvalue weighted by Crippen LogP contribution is -2.28. The number of likely N-dealkylation sites (tertiary alicyclic amines) is 1. The Morgan fingerprint density at radius 1 is 1.04 bits per heavy atom. The Labute approximate surface area is 153 Å². The van der Waals surface area contributed by atoms with E-state index >= 15 is 0 Å². The van der Waals surface area contributed by atoms with Gasteiger partial charge >= 0.3 is 0 Å². The molecule has 2 heterocycles. The van der Waals surface area contributed by atoms with Crippen LogP contribution in [-0.2, 0) is 4.75 Å². The van der Waals surface area contributed by atoms with E-state index in [0.29, 0.717) is 0 Å². The lowest BCUT2D eigenvalue weighted by atomic mass is 9.81. The molecule has 0 radical (unpaired) electrons. The molecule has 0 spiro atoms. The number of hydrogen-bond acceptors (Lipinski definition) is 2. The van der Waals surface area contributed by atoms with Gasteiger partial charge in [-0.1, -0.05) is 35.4 Å². The summed E-state index contributed by atoms with van der Waals surface area (Å²) in [6, 6.07) is 13.9. The van der Waals surface area contributed by atoms with Crippen molar-refractivity contribution in [2.45, 2.75) is 36.3 Å². The molecule has 1 atom stereocenters. The lowest BCUT2D eigenvalue weighted by molar-refractivity contribution is 0.312. The molecule has 4 rings (SSSR count).